The summed E-state index contributed by atoms with van der Waals surface area (Å²) in [6.07, 6.45) is 3.75. The van der Waals surface area contributed by atoms with Crippen LogP contribution >= 0.6 is 0 Å². The van der Waals surface area contributed by atoms with Gasteiger partial charge in [-0.3, -0.25) is 4.79 Å². The van der Waals surface area contributed by atoms with Gasteiger partial charge in [0.2, 0.25) is 0 Å². The molecule has 0 N–H and O–H groups in total. The Kier molecular flexibility index (Phi) is 4.15. The molecule has 1 saturated carbocycles. The van der Waals surface area contributed by atoms with Crippen molar-refractivity contribution in [2.45, 2.75) is 19.3 Å². The van der Waals surface area contributed by atoms with E-state index in [9.17, 15) is 4.79 Å². The molecule has 2 rings (SSSR count). The standard InChI is InChI=1S/C14H18O3/c1-16-13-6-4-12(5-7-13)14(15)10-17-9-8-11-2-3-11/h4-7,11H,2-3,8-10H2,1H3. The Balaban J connectivity index is 1.73. The number of hydrogen-bond acceptors (Lipinski definition) is 3. The molecule has 0 atom stereocenters. The zero-order chi connectivity index (χ0) is 12.1. The van der Waals surface area contributed by atoms with Crippen LogP contribution in [0.2, 0.25) is 0 Å². The second-order valence-corrected chi connectivity index (χ2v) is 4.44. The predicted octanol–water partition coefficient (Wildman–Crippen LogP) is 2.69. The minimum Gasteiger partial charge on any atom is -0.497 e. The first kappa shape index (κ1) is 12.1. The molecule has 0 bridgehead atoms. The van der Waals surface area contributed by atoms with Crippen LogP contribution in [-0.4, -0.2) is 26.1 Å². The monoisotopic (exact) mass is 234 g/mol. The Morgan fingerprint density at radius 3 is 2.59 bits per heavy atom. The molecule has 0 heterocycles. The summed E-state index contributed by atoms with van der Waals surface area (Å²) >= 11 is 0. The Morgan fingerprint density at radius 2 is 2.00 bits per heavy atom. The van der Waals surface area contributed by atoms with Crippen molar-refractivity contribution in [2.24, 2.45) is 5.92 Å². The highest BCUT2D eigenvalue weighted by Gasteiger charge is 2.20. The van der Waals surface area contributed by atoms with Crippen molar-refractivity contribution in [1.29, 1.82) is 0 Å². The number of carbonyl (C=O) groups excluding carboxylic acids is 1. The fourth-order valence-electron chi connectivity index (χ4n) is 1.68. The van der Waals surface area contributed by atoms with Gasteiger partial charge in [-0.15, -0.1) is 0 Å². The number of methoxy groups -OCH3 is 1. The quantitative estimate of drug-likeness (QED) is 0.537. The first-order chi connectivity index (χ1) is 8.29. The minimum absolute atomic E-state index is 0.0310. The van der Waals surface area contributed by atoms with Crippen molar-refractivity contribution in [3.63, 3.8) is 0 Å². The third-order valence-electron chi connectivity index (χ3n) is 3.01. The van der Waals surface area contributed by atoms with Crippen LogP contribution in [0.15, 0.2) is 24.3 Å². The minimum atomic E-state index is 0.0310. The van der Waals surface area contributed by atoms with Gasteiger partial charge in [-0.2, -0.15) is 0 Å². The summed E-state index contributed by atoms with van der Waals surface area (Å²) in [5, 5.41) is 0. The fraction of sp³-hybridized carbons (Fsp3) is 0.500. The third-order valence-corrected chi connectivity index (χ3v) is 3.01. The van der Waals surface area contributed by atoms with E-state index in [2.05, 4.69) is 0 Å². The normalized spacial score (nSPS) is 14.6. The summed E-state index contributed by atoms with van der Waals surface area (Å²) in [5.74, 6) is 1.64. The number of ketones is 1. The molecule has 0 unspecified atom stereocenters. The van der Waals surface area contributed by atoms with E-state index < -0.39 is 0 Å². The van der Waals surface area contributed by atoms with Gasteiger partial charge >= 0.3 is 0 Å². The third kappa shape index (κ3) is 3.86. The van der Waals surface area contributed by atoms with E-state index in [0.29, 0.717) is 12.2 Å². The lowest BCUT2D eigenvalue weighted by atomic mass is 10.1. The molecule has 0 saturated heterocycles. The van der Waals surface area contributed by atoms with E-state index in [1.807, 2.05) is 0 Å². The summed E-state index contributed by atoms with van der Waals surface area (Å²) in [4.78, 5) is 11.7. The molecule has 0 spiro atoms. The van der Waals surface area contributed by atoms with Crippen LogP contribution in [-0.2, 0) is 4.74 Å². The second kappa shape index (κ2) is 5.82. The van der Waals surface area contributed by atoms with Crippen LogP contribution in [0, 0.1) is 5.92 Å². The van der Waals surface area contributed by atoms with Crippen molar-refractivity contribution in [3.05, 3.63) is 29.8 Å². The van der Waals surface area contributed by atoms with Crippen LogP contribution in [0.3, 0.4) is 0 Å². The lowest BCUT2D eigenvalue weighted by Gasteiger charge is -2.04. The molecule has 1 aliphatic rings. The highest BCUT2D eigenvalue weighted by Crippen LogP contribution is 2.32. The first-order valence-corrected chi connectivity index (χ1v) is 6.04. The molecular formula is C14H18O3. The molecule has 0 amide bonds. The van der Waals surface area contributed by atoms with E-state index in [1.54, 1.807) is 31.4 Å². The van der Waals surface area contributed by atoms with Crippen molar-refractivity contribution < 1.29 is 14.3 Å². The van der Waals surface area contributed by atoms with E-state index >= 15 is 0 Å². The van der Waals surface area contributed by atoms with Crippen molar-refractivity contribution in [1.82, 2.24) is 0 Å². The van der Waals surface area contributed by atoms with Crippen LogP contribution in [0.5, 0.6) is 5.75 Å². The van der Waals surface area contributed by atoms with Gasteiger partial charge in [-0.1, -0.05) is 12.8 Å². The number of ether oxygens (including phenoxy) is 2. The molecule has 0 radical (unpaired) electrons. The largest absolute Gasteiger partial charge is 0.497 e. The maximum atomic E-state index is 11.7. The maximum Gasteiger partial charge on any atom is 0.188 e. The van der Waals surface area contributed by atoms with Gasteiger partial charge in [-0.25, -0.2) is 0 Å². The van der Waals surface area contributed by atoms with Crippen LogP contribution in [0.1, 0.15) is 29.6 Å². The lowest BCUT2D eigenvalue weighted by molar-refractivity contribution is 0.0748. The average molecular weight is 234 g/mol. The molecule has 0 aromatic heterocycles. The summed E-state index contributed by atoms with van der Waals surface area (Å²) in [7, 11) is 1.61. The van der Waals surface area contributed by atoms with E-state index in [4.69, 9.17) is 9.47 Å². The molecule has 3 heteroatoms. The summed E-state index contributed by atoms with van der Waals surface area (Å²) < 4.78 is 10.4. The molecular weight excluding hydrogens is 216 g/mol. The molecule has 0 aliphatic heterocycles. The van der Waals surface area contributed by atoms with Crippen LogP contribution in [0.4, 0.5) is 0 Å². The summed E-state index contributed by atoms with van der Waals surface area (Å²) in [6.45, 7) is 0.881. The van der Waals surface area contributed by atoms with Crippen LogP contribution < -0.4 is 4.74 Å². The Morgan fingerprint density at radius 1 is 1.29 bits per heavy atom. The highest BCUT2D eigenvalue weighted by molar-refractivity contribution is 5.97. The maximum absolute atomic E-state index is 11.7. The van der Waals surface area contributed by atoms with Gasteiger partial charge in [0, 0.05) is 12.2 Å². The average Bonchev–Trinajstić information content (AvgIpc) is 3.18. The fourth-order valence-corrected chi connectivity index (χ4v) is 1.68. The number of carbonyl (C=O) groups is 1. The molecule has 1 aromatic rings. The number of benzene rings is 1. The Hall–Kier alpha value is -1.35. The predicted molar refractivity (Wildman–Crippen MR) is 65.5 cm³/mol. The van der Waals surface area contributed by atoms with Crippen molar-refractivity contribution >= 4 is 5.78 Å². The first-order valence-electron chi connectivity index (χ1n) is 6.04. The molecule has 3 nitrogen and oxygen atoms in total. The Bertz CT molecular complexity index is 366. The summed E-state index contributed by atoms with van der Waals surface area (Å²) in [5.41, 5.74) is 0.678. The molecule has 1 aromatic carbocycles. The lowest BCUT2D eigenvalue weighted by Crippen LogP contribution is -2.10. The highest BCUT2D eigenvalue weighted by atomic mass is 16.5. The Labute approximate surface area is 102 Å². The zero-order valence-corrected chi connectivity index (χ0v) is 10.1. The van der Waals surface area contributed by atoms with Gasteiger partial charge in [-0.05, 0) is 36.6 Å². The zero-order valence-electron chi connectivity index (χ0n) is 10.1. The molecule has 1 fully saturated rings. The molecule has 92 valence electrons. The molecule has 1 aliphatic carbocycles. The van der Waals surface area contributed by atoms with Gasteiger partial charge in [0.25, 0.3) is 0 Å². The van der Waals surface area contributed by atoms with E-state index in [-0.39, 0.29) is 12.4 Å². The van der Waals surface area contributed by atoms with E-state index in [0.717, 1.165) is 18.1 Å². The summed E-state index contributed by atoms with van der Waals surface area (Å²) in [6, 6.07) is 7.12. The number of rotatable bonds is 7. The van der Waals surface area contributed by atoms with Crippen molar-refractivity contribution in [3.8, 4) is 5.75 Å². The van der Waals surface area contributed by atoms with Crippen LogP contribution in [0.25, 0.3) is 0 Å². The molecule has 17 heavy (non-hydrogen) atoms. The van der Waals surface area contributed by atoms with Gasteiger partial charge in [0.05, 0.1) is 7.11 Å². The van der Waals surface area contributed by atoms with Gasteiger partial charge < -0.3 is 9.47 Å². The van der Waals surface area contributed by atoms with E-state index in [1.165, 1.54) is 12.8 Å². The topological polar surface area (TPSA) is 35.5 Å². The second-order valence-electron chi connectivity index (χ2n) is 4.44. The van der Waals surface area contributed by atoms with Gasteiger partial charge in [0.15, 0.2) is 5.78 Å². The smallest absolute Gasteiger partial charge is 0.188 e. The number of Topliss-reactive ketones (excluding diaryl/α,β-unsaturated/α-hetero) is 1. The SMILES string of the molecule is COc1ccc(C(=O)COCCC2CC2)cc1. The van der Waals surface area contributed by atoms with Gasteiger partial charge in [0.1, 0.15) is 12.4 Å². The number of hydrogen-bond donors (Lipinski definition) is 0. The van der Waals surface area contributed by atoms with Crippen molar-refractivity contribution in [2.75, 3.05) is 20.3 Å².